The highest BCUT2D eigenvalue weighted by atomic mass is 16.5. The summed E-state index contributed by atoms with van der Waals surface area (Å²) < 4.78 is 5.56. The molecule has 0 spiro atoms. The monoisotopic (exact) mass is 292 g/mol. The molecule has 1 N–H and O–H groups in total. The average molecular weight is 292 g/mol. The van der Waals surface area contributed by atoms with Crippen LogP contribution < -0.4 is 15.0 Å². The van der Waals surface area contributed by atoms with E-state index in [4.69, 9.17) is 4.74 Å². The summed E-state index contributed by atoms with van der Waals surface area (Å²) in [6.07, 6.45) is 4.88. The number of aromatic nitrogens is 2. The summed E-state index contributed by atoms with van der Waals surface area (Å²) in [6.45, 7) is 9.93. The van der Waals surface area contributed by atoms with Crippen molar-refractivity contribution in [3.63, 3.8) is 0 Å². The highest BCUT2D eigenvalue weighted by Gasteiger charge is 2.24. The maximum absolute atomic E-state index is 5.56. The first-order valence-electron chi connectivity index (χ1n) is 8.20. The van der Waals surface area contributed by atoms with Crippen LogP contribution in [0.4, 0.5) is 5.95 Å². The molecule has 1 aliphatic heterocycles. The summed E-state index contributed by atoms with van der Waals surface area (Å²) in [4.78, 5) is 11.6. The molecule has 1 unspecified atom stereocenters. The summed E-state index contributed by atoms with van der Waals surface area (Å²) in [7, 11) is 0. The summed E-state index contributed by atoms with van der Waals surface area (Å²) in [5.41, 5.74) is 0.967. The topological polar surface area (TPSA) is 50.3 Å². The van der Waals surface area contributed by atoms with Crippen LogP contribution >= 0.6 is 0 Å². The molecule has 0 bridgehead atoms. The van der Waals surface area contributed by atoms with Crippen LogP contribution in [0.1, 0.15) is 45.2 Å². The Hall–Kier alpha value is -1.36. The van der Waals surface area contributed by atoms with Gasteiger partial charge in [0, 0.05) is 30.9 Å². The van der Waals surface area contributed by atoms with Crippen molar-refractivity contribution in [1.29, 1.82) is 0 Å². The number of nitrogens with one attached hydrogen (secondary N) is 1. The van der Waals surface area contributed by atoms with Crippen molar-refractivity contribution >= 4 is 5.95 Å². The Morgan fingerprint density at radius 2 is 2.19 bits per heavy atom. The van der Waals surface area contributed by atoms with Gasteiger partial charge in [0.05, 0.1) is 6.61 Å². The summed E-state index contributed by atoms with van der Waals surface area (Å²) in [5.74, 6) is 1.51. The van der Waals surface area contributed by atoms with E-state index >= 15 is 0 Å². The number of aryl methyl sites for hydroxylation is 1. The Balaban J connectivity index is 2.12. The van der Waals surface area contributed by atoms with Gasteiger partial charge in [0.25, 0.3) is 0 Å². The molecular formula is C16H28N4O. The number of hydrogen-bond donors (Lipinski definition) is 1. The highest BCUT2D eigenvalue weighted by Crippen LogP contribution is 2.23. The number of anilines is 1. The molecule has 1 atom stereocenters. The van der Waals surface area contributed by atoms with Crippen molar-refractivity contribution in [3.8, 4) is 5.88 Å². The number of hydrogen-bond acceptors (Lipinski definition) is 5. The molecule has 0 amide bonds. The van der Waals surface area contributed by atoms with E-state index in [0.717, 1.165) is 31.3 Å². The smallest absolute Gasteiger partial charge is 0.229 e. The standard InChI is InChI=1S/C16H28N4O/c1-4-9-17-12-14-8-6-7-10-20(14)16-18-13(3)11-15(19-16)21-5-2/h11,14,17H,4-10,12H2,1-3H3. The van der Waals surface area contributed by atoms with Gasteiger partial charge in [0.1, 0.15) is 0 Å². The van der Waals surface area contributed by atoms with Crippen LogP contribution in [0.3, 0.4) is 0 Å². The molecular weight excluding hydrogens is 264 g/mol. The minimum absolute atomic E-state index is 0.488. The summed E-state index contributed by atoms with van der Waals surface area (Å²) >= 11 is 0. The van der Waals surface area contributed by atoms with Crippen LogP contribution in [0.15, 0.2) is 6.07 Å². The van der Waals surface area contributed by atoms with Gasteiger partial charge in [-0.15, -0.1) is 0 Å². The van der Waals surface area contributed by atoms with Crippen LogP contribution in [0.5, 0.6) is 5.88 Å². The van der Waals surface area contributed by atoms with E-state index in [1.165, 1.54) is 25.7 Å². The molecule has 5 nitrogen and oxygen atoms in total. The minimum atomic E-state index is 0.488. The third-order valence-electron chi connectivity index (χ3n) is 3.80. The van der Waals surface area contributed by atoms with Crippen molar-refractivity contribution in [3.05, 3.63) is 11.8 Å². The Labute approximate surface area is 128 Å². The molecule has 0 radical (unpaired) electrons. The first-order valence-corrected chi connectivity index (χ1v) is 8.20. The van der Waals surface area contributed by atoms with Gasteiger partial charge in [-0.2, -0.15) is 4.98 Å². The molecule has 21 heavy (non-hydrogen) atoms. The maximum Gasteiger partial charge on any atom is 0.229 e. The zero-order valence-electron chi connectivity index (χ0n) is 13.6. The van der Waals surface area contributed by atoms with Crippen molar-refractivity contribution in [2.75, 3.05) is 31.1 Å². The largest absolute Gasteiger partial charge is 0.478 e. The van der Waals surface area contributed by atoms with Gasteiger partial charge in [-0.3, -0.25) is 0 Å². The molecule has 2 rings (SSSR count). The molecule has 0 aliphatic carbocycles. The second-order valence-electron chi connectivity index (χ2n) is 5.63. The number of piperidine rings is 1. The van der Waals surface area contributed by atoms with Crippen molar-refractivity contribution in [2.24, 2.45) is 0 Å². The van der Waals surface area contributed by atoms with Crippen molar-refractivity contribution in [1.82, 2.24) is 15.3 Å². The van der Waals surface area contributed by atoms with Crippen LogP contribution in [-0.2, 0) is 0 Å². The van der Waals surface area contributed by atoms with E-state index in [0.29, 0.717) is 18.5 Å². The zero-order valence-corrected chi connectivity index (χ0v) is 13.6. The van der Waals surface area contributed by atoms with E-state index in [1.807, 2.05) is 19.9 Å². The SMILES string of the molecule is CCCNCC1CCCCN1c1nc(C)cc(OCC)n1. The second-order valence-corrected chi connectivity index (χ2v) is 5.63. The lowest BCUT2D eigenvalue weighted by atomic mass is 10.0. The maximum atomic E-state index is 5.56. The fourth-order valence-corrected chi connectivity index (χ4v) is 2.80. The molecule has 1 aromatic heterocycles. The van der Waals surface area contributed by atoms with Crippen LogP contribution in [0, 0.1) is 6.92 Å². The Bertz CT molecular complexity index is 438. The Morgan fingerprint density at radius 3 is 2.95 bits per heavy atom. The van der Waals surface area contributed by atoms with E-state index in [9.17, 15) is 0 Å². The first-order chi connectivity index (χ1) is 10.2. The van der Waals surface area contributed by atoms with E-state index < -0.39 is 0 Å². The fourth-order valence-electron chi connectivity index (χ4n) is 2.80. The lowest BCUT2D eigenvalue weighted by molar-refractivity contribution is 0.324. The van der Waals surface area contributed by atoms with Crippen LogP contribution in [0.25, 0.3) is 0 Å². The lowest BCUT2D eigenvalue weighted by Gasteiger charge is -2.36. The van der Waals surface area contributed by atoms with E-state index in [1.54, 1.807) is 0 Å². The third kappa shape index (κ3) is 4.56. The number of rotatable bonds is 7. The van der Waals surface area contributed by atoms with Gasteiger partial charge < -0.3 is 15.0 Å². The molecule has 118 valence electrons. The van der Waals surface area contributed by atoms with Gasteiger partial charge in [-0.25, -0.2) is 4.98 Å². The molecule has 5 heteroatoms. The van der Waals surface area contributed by atoms with Crippen LogP contribution in [-0.4, -0.2) is 42.3 Å². The average Bonchev–Trinajstić information content (AvgIpc) is 2.48. The Kier molecular flexibility index (Phi) is 6.23. The predicted molar refractivity (Wildman–Crippen MR) is 86.1 cm³/mol. The Morgan fingerprint density at radius 1 is 1.33 bits per heavy atom. The molecule has 1 saturated heterocycles. The first kappa shape index (κ1) is 16.0. The lowest BCUT2D eigenvalue weighted by Crippen LogP contribution is -2.46. The molecule has 1 aromatic rings. The fraction of sp³-hybridized carbons (Fsp3) is 0.750. The quantitative estimate of drug-likeness (QED) is 0.783. The number of nitrogens with zero attached hydrogens (tertiary/aromatic N) is 3. The van der Waals surface area contributed by atoms with Crippen LogP contribution in [0.2, 0.25) is 0 Å². The van der Waals surface area contributed by atoms with Gasteiger partial charge >= 0.3 is 0 Å². The minimum Gasteiger partial charge on any atom is -0.478 e. The van der Waals surface area contributed by atoms with Gasteiger partial charge in [0.15, 0.2) is 0 Å². The van der Waals surface area contributed by atoms with E-state index in [2.05, 4.69) is 27.1 Å². The highest BCUT2D eigenvalue weighted by molar-refractivity contribution is 5.36. The normalized spacial score (nSPS) is 18.8. The summed E-state index contributed by atoms with van der Waals surface area (Å²) in [5, 5.41) is 3.53. The predicted octanol–water partition coefficient (Wildman–Crippen LogP) is 2.54. The number of ether oxygens (including phenoxy) is 1. The molecule has 0 saturated carbocycles. The van der Waals surface area contributed by atoms with Crippen molar-refractivity contribution in [2.45, 2.75) is 52.5 Å². The molecule has 1 fully saturated rings. The molecule has 2 heterocycles. The zero-order chi connectivity index (χ0) is 15.1. The summed E-state index contributed by atoms with van der Waals surface area (Å²) in [6, 6.07) is 2.39. The molecule has 0 aromatic carbocycles. The second kappa shape index (κ2) is 8.17. The van der Waals surface area contributed by atoms with Crippen molar-refractivity contribution < 1.29 is 4.74 Å². The van der Waals surface area contributed by atoms with Gasteiger partial charge in [-0.1, -0.05) is 6.92 Å². The van der Waals surface area contributed by atoms with Gasteiger partial charge in [0.2, 0.25) is 11.8 Å². The van der Waals surface area contributed by atoms with Gasteiger partial charge in [-0.05, 0) is 46.1 Å². The third-order valence-corrected chi connectivity index (χ3v) is 3.80. The van der Waals surface area contributed by atoms with E-state index in [-0.39, 0.29) is 0 Å². The molecule has 1 aliphatic rings.